The van der Waals surface area contributed by atoms with E-state index in [0.29, 0.717) is 30.0 Å². The molecule has 1 aromatic heterocycles. The van der Waals surface area contributed by atoms with Gasteiger partial charge in [0.25, 0.3) is 0 Å². The zero-order valence-corrected chi connectivity index (χ0v) is 13.4. The lowest BCUT2D eigenvalue weighted by Gasteiger charge is -2.14. The molecule has 0 aliphatic heterocycles. The lowest BCUT2D eigenvalue weighted by molar-refractivity contribution is 0.243. The number of hydrogen-bond donors (Lipinski definition) is 0. The van der Waals surface area contributed by atoms with Crippen molar-refractivity contribution in [1.29, 1.82) is 0 Å². The predicted octanol–water partition coefficient (Wildman–Crippen LogP) is 3.50. The maximum atomic E-state index is 6.04. The Kier molecular flexibility index (Phi) is 4.95. The van der Waals surface area contributed by atoms with Crippen LogP contribution in [-0.4, -0.2) is 35.3 Å². The molecule has 0 saturated heterocycles. The van der Waals surface area contributed by atoms with Gasteiger partial charge in [-0.15, -0.1) is 10.2 Å². The molecule has 0 amide bonds. The van der Waals surface area contributed by atoms with Gasteiger partial charge in [0, 0.05) is 12.5 Å². The van der Waals surface area contributed by atoms with Crippen molar-refractivity contribution in [2.45, 2.75) is 31.7 Å². The minimum absolute atomic E-state index is 0.510. The van der Waals surface area contributed by atoms with Crippen molar-refractivity contribution in [1.82, 2.24) is 15.1 Å². The molecule has 0 radical (unpaired) electrons. The van der Waals surface area contributed by atoms with Gasteiger partial charge in [0.05, 0.1) is 18.2 Å². The number of halogens is 1. The fourth-order valence-corrected chi connectivity index (χ4v) is 2.40. The number of benzene rings is 1. The largest absolute Gasteiger partial charge is 0.492 e. The molecule has 1 aliphatic rings. The van der Waals surface area contributed by atoms with Crippen LogP contribution in [0.25, 0.3) is 0 Å². The summed E-state index contributed by atoms with van der Waals surface area (Å²) in [4.78, 5) is 2.15. The van der Waals surface area contributed by atoms with Gasteiger partial charge in [-0.25, -0.2) is 0 Å². The molecule has 1 aliphatic carbocycles. The van der Waals surface area contributed by atoms with E-state index in [9.17, 15) is 0 Å². The van der Waals surface area contributed by atoms with Crippen molar-refractivity contribution in [3.8, 4) is 5.75 Å². The second-order valence-corrected chi connectivity index (χ2v) is 6.09. The van der Waals surface area contributed by atoms with E-state index >= 15 is 0 Å². The Labute approximate surface area is 135 Å². The molecular formula is C16H20ClN3O2. The Bertz CT molecular complexity index is 613. The highest BCUT2D eigenvalue weighted by Gasteiger charge is 2.29. The van der Waals surface area contributed by atoms with Crippen molar-refractivity contribution in [2.75, 3.05) is 20.2 Å². The first-order valence-electron chi connectivity index (χ1n) is 7.60. The van der Waals surface area contributed by atoms with Crippen molar-refractivity contribution < 1.29 is 9.15 Å². The van der Waals surface area contributed by atoms with Gasteiger partial charge in [0.15, 0.2) is 0 Å². The summed E-state index contributed by atoms with van der Waals surface area (Å²) in [6, 6.07) is 7.52. The van der Waals surface area contributed by atoms with E-state index in [1.807, 2.05) is 31.3 Å². The standard InChI is InChI=1S/C16H20ClN3O2/c1-20(11-15-18-19-16(22-15)12-7-8-12)9-4-10-21-14-6-3-2-5-13(14)17/h2-3,5-6,12H,4,7-11H2,1H3. The molecule has 118 valence electrons. The summed E-state index contributed by atoms with van der Waals surface area (Å²) in [5.74, 6) is 2.73. The van der Waals surface area contributed by atoms with Gasteiger partial charge < -0.3 is 9.15 Å². The summed E-state index contributed by atoms with van der Waals surface area (Å²) < 4.78 is 11.3. The highest BCUT2D eigenvalue weighted by molar-refractivity contribution is 6.32. The maximum Gasteiger partial charge on any atom is 0.230 e. The molecule has 1 saturated carbocycles. The van der Waals surface area contributed by atoms with Gasteiger partial charge >= 0.3 is 0 Å². The third-order valence-electron chi connectivity index (χ3n) is 3.59. The van der Waals surface area contributed by atoms with Crippen molar-refractivity contribution in [2.24, 2.45) is 0 Å². The quantitative estimate of drug-likeness (QED) is 0.696. The van der Waals surface area contributed by atoms with Gasteiger partial charge in [0.2, 0.25) is 11.8 Å². The summed E-state index contributed by atoms with van der Waals surface area (Å²) in [5.41, 5.74) is 0. The van der Waals surface area contributed by atoms with Crippen LogP contribution in [0.4, 0.5) is 0 Å². The van der Waals surface area contributed by atoms with Crippen LogP contribution in [0.3, 0.4) is 0 Å². The molecule has 5 nitrogen and oxygen atoms in total. The Hall–Kier alpha value is -1.59. The molecule has 1 heterocycles. The second-order valence-electron chi connectivity index (χ2n) is 5.68. The van der Waals surface area contributed by atoms with Gasteiger partial charge in [-0.1, -0.05) is 23.7 Å². The SMILES string of the molecule is CN(CCCOc1ccccc1Cl)Cc1nnc(C2CC2)o1. The van der Waals surface area contributed by atoms with E-state index in [4.69, 9.17) is 20.8 Å². The Morgan fingerprint density at radius 2 is 2.14 bits per heavy atom. The fraction of sp³-hybridized carbons (Fsp3) is 0.500. The average Bonchev–Trinajstić information content (AvgIpc) is 3.26. The Morgan fingerprint density at radius 3 is 2.91 bits per heavy atom. The number of aromatic nitrogens is 2. The summed E-state index contributed by atoms with van der Waals surface area (Å²) in [7, 11) is 2.04. The number of rotatable bonds is 8. The van der Waals surface area contributed by atoms with Gasteiger partial charge in [-0.05, 0) is 38.4 Å². The molecule has 6 heteroatoms. The average molecular weight is 322 g/mol. The van der Waals surface area contributed by atoms with Crippen molar-refractivity contribution in [3.05, 3.63) is 41.1 Å². The van der Waals surface area contributed by atoms with E-state index in [2.05, 4.69) is 15.1 Å². The Morgan fingerprint density at radius 1 is 1.32 bits per heavy atom. The van der Waals surface area contributed by atoms with Crippen LogP contribution in [0.2, 0.25) is 5.02 Å². The van der Waals surface area contributed by atoms with E-state index in [1.54, 1.807) is 0 Å². The maximum absolute atomic E-state index is 6.04. The van der Waals surface area contributed by atoms with E-state index in [0.717, 1.165) is 24.6 Å². The van der Waals surface area contributed by atoms with E-state index in [1.165, 1.54) is 12.8 Å². The summed E-state index contributed by atoms with van der Waals surface area (Å²) in [5, 5.41) is 8.84. The topological polar surface area (TPSA) is 51.4 Å². The third kappa shape index (κ3) is 4.21. The molecule has 0 bridgehead atoms. The second kappa shape index (κ2) is 7.11. The van der Waals surface area contributed by atoms with Crippen LogP contribution in [0, 0.1) is 0 Å². The van der Waals surface area contributed by atoms with Crippen LogP contribution in [0.1, 0.15) is 37.0 Å². The summed E-state index contributed by atoms with van der Waals surface area (Å²) in [6.45, 7) is 2.20. The smallest absolute Gasteiger partial charge is 0.230 e. The van der Waals surface area contributed by atoms with E-state index < -0.39 is 0 Å². The molecule has 0 atom stereocenters. The number of hydrogen-bond acceptors (Lipinski definition) is 5. The number of nitrogens with zero attached hydrogens (tertiary/aromatic N) is 3. The highest BCUT2D eigenvalue weighted by Crippen LogP contribution is 2.39. The molecule has 1 aromatic carbocycles. The molecule has 2 aromatic rings. The first-order chi connectivity index (χ1) is 10.7. The van der Waals surface area contributed by atoms with Gasteiger partial charge in [0.1, 0.15) is 5.75 Å². The molecule has 22 heavy (non-hydrogen) atoms. The molecule has 3 rings (SSSR count). The summed E-state index contributed by atoms with van der Waals surface area (Å²) in [6.07, 6.45) is 3.26. The van der Waals surface area contributed by atoms with Crippen LogP contribution in [0.15, 0.2) is 28.7 Å². The molecular weight excluding hydrogens is 302 g/mol. The minimum Gasteiger partial charge on any atom is -0.492 e. The molecule has 0 spiro atoms. The highest BCUT2D eigenvalue weighted by atomic mass is 35.5. The fourth-order valence-electron chi connectivity index (χ4n) is 2.21. The predicted molar refractivity (Wildman–Crippen MR) is 84.2 cm³/mol. The zero-order chi connectivity index (χ0) is 15.4. The lowest BCUT2D eigenvalue weighted by Crippen LogP contribution is -2.21. The van der Waals surface area contributed by atoms with Gasteiger partial charge in [-0.2, -0.15) is 0 Å². The summed E-state index contributed by atoms with van der Waals surface area (Å²) >= 11 is 6.04. The number of para-hydroxylation sites is 1. The monoisotopic (exact) mass is 321 g/mol. The van der Waals surface area contributed by atoms with Crippen molar-refractivity contribution >= 4 is 11.6 Å². The van der Waals surface area contributed by atoms with Crippen LogP contribution in [0.5, 0.6) is 5.75 Å². The molecule has 1 fully saturated rings. The number of ether oxygens (including phenoxy) is 1. The zero-order valence-electron chi connectivity index (χ0n) is 12.7. The van der Waals surface area contributed by atoms with E-state index in [-0.39, 0.29) is 0 Å². The van der Waals surface area contributed by atoms with Crippen LogP contribution >= 0.6 is 11.6 Å². The lowest BCUT2D eigenvalue weighted by atomic mass is 10.3. The first-order valence-corrected chi connectivity index (χ1v) is 7.98. The minimum atomic E-state index is 0.510. The van der Waals surface area contributed by atoms with Crippen LogP contribution in [-0.2, 0) is 6.54 Å². The molecule has 0 N–H and O–H groups in total. The normalized spacial score (nSPS) is 14.5. The third-order valence-corrected chi connectivity index (χ3v) is 3.90. The van der Waals surface area contributed by atoms with Crippen molar-refractivity contribution in [3.63, 3.8) is 0 Å². The van der Waals surface area contributed by atoms with Gasteiger partial charge in [-0.3, -0.25) is 4.90 Å². The Balaban J connectivity index is 1.36. The van der Waals surface area contributed by atoms with Crippen LogP contribution < -0.4 is 4.74 Å². The molecule has 0 unspecified atom stereocenters. The first kappa shape index (κ1) is 15.3.